The van der Waals surface area contributed by atoms with E-state index in [9.17, 15) is 0 Å². The molecule has 22 heavy (non-hydrogen) atoms. The number of para-hydroxylation sites is 1. The zero-order valence-corrected chi connectivity index (χ0v) is 13.7. The van der Waals surface area contributed by atoms with Crippen LogP contribution < -0.4 is 0 Å². The number of hydrogen-bond donors (Lipinski definition) is 0. The molecule has 3 aromatic rings. The minimum absolute atomic E-state index is 0.436. The van der Waals surface area contributed by atoms with E-state index in [0.717, 1.165) is 11.3 Å². The third kappa shape index (κ3) is 4.35. The Morgan fingerprint density at radius 2 is 1.41 bits per heavy atom. The topological polar surface area (TPSA) is 38.7 Å². The summed E-state index contributed by atoms with van der Waals surface area (Å²) in [4.78, 5) is 12.7. The summed E-state index contributed by atoms with van der Waals surface area (Å²) in [5, 5.41) is 1.21. The molecule has 3 nitrogen and oxygen atoms in total. The lowest BCUT2D eigenvalue weighted by Gasteiger charge is -2.04. The standard InChI is InChI=1S/C12H13N.C7H10N2/c1-9(2)11-8-7-10-5-3-4-6-12(10)13-11;1-6(2)7-8-4-3-5-9-7/h3-9H,1-2H3;3-6H,1-2H3. The number of nitrogens with zero attached hydrogens (tertiary/aromatic N) is 3. The molecule has 3 rings (SSSR count). The van der Waals surface area contributed by atoms with Gasteiger partial charge >= 0.3 is 0 Å². The Labute approximate surface area is 132 Å². The number of hydrogen-bond acceptors (Lipinski definition) is 3. The van der Waals surface area contributed by atoms with Crippen LogP contribution in [0.25, 0.3) is 10.9 Å². The molecule has 0 N–H and O–H groups in total. The molecule has 114 valence electrons. The van der Waals surface area contributed by atoms with Crippen molar-refractivity contribution in [3.63, 3.8) is 0 Å². The third-order valence-corrected chi connectivity index (χ3v) is 3.31. The number of benzene rings is 1. The van der Waals surface area contributed by atoms with Gasteiger partial charge in [0.1, 0.15) is 5.82 Å². The lowest BCUT2D eigenvalue weighted by molar-refractivity contribution is 0.774. The first-order valence-corrected chi connectivity index (χ1v) is 7.70. The Hall–Kier alpha value is -2.29. The number of pyridine rings is 1. The molecular formula is C19H23N3. The van der Waals surface area contributed by atoms with Gasteiger partial charge in [-0.25, -0.2) is 9.97 Å². The molecule has 1 aromatic carbocycles. The van der Waals surface area contributed by atoms with Crippen LogP contribution in [-0.4, -0.2) is 15.0 Å². The SMILES string of the molecule is CC(C)c1ccc2ccccc2n1.CC(C)c1ncccn1. The monoisotopic (exact) mass is 293 g/mol. The summed E-state index contributed by atoms with van der Waals surface area (Å²) >= 11 is 0. The van der Waals surface area contributed by atoms with Crippen molar-refractivity contribution in [2.45, 2.75) is 39.5 Å². The molecule has 0 saturated carbocycles. The molecule has 3 heteroatoms. The fourth-order valence-electron chi connectivity index (χ4n) is 2.01. The van der Waals surface area contributed by atoms with Gasteiger partial charge in [0, 0.05) is 29.4 Å². The smallest absolute Gasteiger partial charge is 0.130 e. The lowest BCUT2D eigenvalue weighted by Crippen LogP contribution is -1.93. The van der Waals surface area contributed by atoms with Crippen LogP contribution in [0.5, 0.6) is 0 Å². The molecule has 0 aliphatic carbocycles. The second kappa shape index (κ2) is 7.64. The van der Waals surface area contributed by atoms with E-state index in [2.05, 4.69) is 66.9 Å². The fourth-order valence-corrected chi connectivity index (χ4v) is 2.01. The van der Waals surface area contributed by atoms with Crippen molar-refractivity contribution in [1.82, 2.24) is 15.0 Å². The van der Waals surface area contributed by atoms with Gasteiger partial charge in [-0.2, -0.15) is 0 Å². The maximum atomic E-state index is 4.57. The highest BCUT2D eigenvalue weighted by Crippen LogP contribution is 2.16. The van der Waals surface area contributed by atoms with E-state index in [1.165, 1.54) is 11.1 Å². The molecule has 0 radical (unpaired) electrons. The molecule has 0 amide bonds. The van der Waals surface area contributed by atoms with Crippen LogP contribution in [0.4, 0.5) is 0 Å². The minimum Gasteiger partial charge on any atom is -0.253 e. The van der Waals surface area contributed by atoms with Crippen LogP contribution in [0.15, 0.2) is 54.9 Å². The molecule has 2 heterocycles. The Kier molecular flexibility index (Phi) is 5.59. The normalized spacial score (nSPS) is 10.6. The quantitative estimate of drug-likeness (QED) is 0.670. The van der Waals surface area contributed by atoms with Gasteiger partial charge < -0.3 is 0 Å². The second-order valence-electron chi connectivity index (χ2n) is 5.85. The van der Waals surface area contributed by atoms with Crippen LogP contribution in [0.3, 0.4) is 0 Å². The summed E-state index contributed by atoms with van der Waals surface area (Å²) in [6.45, 7) is 8.49. The Bertz CT molecular complexity index is 706. The first-order valence-electron chi connectivity index (χ1n) is 7.70. The van der Waals surface area contributed by atoms with Crippen molar-refractivity contribution in [2.75, 3.05) is 0 Å². The zero-order valence-electron chi connectivity index (χ0n) is 13.7. The highest BCUT2D eigenvalue weighted by atomic mass is 14.9. The van der Waals surface area contributed by atoms with Crippen molar-refractivity contribution in [3.05, 3.63) is 66.4 Å². The molecular weight excluding hydrogens is 270 g/mol. The molecule has 0 spiro atoms. The summed E-state index contributed by atoms with van der Waals surface area (Å²) in [6, 6.07) is 14.3. The summed E-state index contributed by atoms with van der Waals surface area (Å²) in [6.07, 6.45) is 3.53. The van der Waals surface area contributed by atoms with E-state index in [4.69, 9.17) is 0 Å². The van der Waals surface area contributed by atoms with Crippen molar-refractivity contribution in [2.24, 2.45) is 0 Å². The number of rotatable bonds is 2. The zero-order chi connectivity index (χ0) is 15.9. The highest BCUT2D eigenvalue weighted by Gasteiger charge is 2.01. The van der Waals surface area contributed by atoms with Gasteiger partial charge in [-0.1, -0.05) is 52.0 Å². The van der Waals surface area contributed by atoms with Gasteiger partial charge in [-0.3, -0.25) is 4.98 Å². The first-order chi connectivity index (χ1) is 10.6. The van der Waals surface area contributed by atoms with E-state index >= 15 is 0 Å². The average molecular weight is 293 g/mol. The first kappa shape index (κ1) is 16.1. The third-order valence-electron chi connectivity index (χ3n) is 3.31. The van der Waals surface area contributed by atoms with Crippen LogP contribution >= 0.6 is 0 Å². The van der Waals surface area contributed by atoms with E-state index in [1.807, 2.05) is 18.2 Å². The van der Waals surface area contributed by atoms with Crippen LogP contribution in [0.2, 0.25) is 0 Å². The predicted octanol–water partition coefficient (Wildman–Crippen LogP) is 4.96. The maximum absolute atomic E-state index is 4.57. The average Bonchev–Trinajstić information content (AvgIpc) is 2.55. The summed E-state index contributed by atoms with van der Waals surface area (Å²) in [5.74, 6) is 1.85. The van der Waals surface area contributed by atoms with Crippen molar-refractivity contribution < 1.29 is 0 Å². The second-order valence-corrected chi connectivity index (χ2v) is 5.85. The summed E-state index contributed by atoms with van der Waals surface area (Å²) < 4.78 is 0. The van der Waals surface area contributed by atoms with Gasteiger partial charge in [0.15, 0.2) is 0 Å². The number of aromatic nitrogens is 3. The molecule has 0 atom stereocenters. The Balaban J connectivity index is 0.000000172. The minimum atomic E-state index is 0.436. The van der Waals surface area contributed by atoms with Crippen LogP contribution in [-0.2, 0) is 0 Å². The lowest BCUT2D eigenvalue weighted by atomic mass is 10.1. The van der Waals surface area contributed by atoms with Gasteiger partial charge in [-0.05, 0) is 24.1 Å². The molecule has 0 aliphatic heterocycles. The van der Waals surface area contributed by atoms with Crippen LogP contribution in [0, 0.1) is 0 Å². The van der Waals surface area contributed by atoms with Gasteiger partial charge in [0.25, 0.3) is 0 Å². The molecule has 0 fully saturated rings. The van der Waals surface area contributed by atoms with E-state index in [1.54, 1.807) is 12.4 Å². The van der Waals surface area contributed by atoms with E-state index in [-0.39, 0.29) is 0 Å². The number of fused-ring (bicyclic) bond motifs is 1. The molecule has 0 saturated heterocycles. The molecule has 0 bridgehead atoms. The van der Waals surface area contributed by atoms with E-state index in [0.29, 0.717) is 11.8 Å². The predicted molar refractivity (Wildman–Crippen MR) is 92.0 cm³/mol. The largest absolute Gasteiger partial charge is 0.253 e. The fraction of sp³-hybridized carbons (Fsp3) is 0.316. The van der Waals surface area contributed by atoms with Crippen molar-refractivity contribution in [3.8, 4) is 0 Å². The molecule has 0 aliphatic rings. The summed E-state index contributed by atoms with van der Waals surface area (Å²) in [7, 11) is 0. The van der Waals surface area contributed by atoms with Crippen LogP contribution in [0.1, 0.15) is 51.0 Å². The van der Waals surface area contributed by atoms with Gasteiger partial charge in [0.2, 0.25) is 0 Å². The highest BCUT2D eigenvalue weighted by molar-refractivity contribution is 5.78. The molecule has 0 unspecified atom stereocenters. The summed E-state index contributed by atoms with van der Waals surface area (Å²) in [5.41, 5.74) is 2.26. The van der Waals surface area contributed by atoms with Gasteiger partial charge in [0.05, 0.1) is 5.52 Å². The maximum Gasteiger partial charge on any atom is 0.130 e. The van der Waals surface area contributed by atoms with Gasteiger partial charge in [-0.15, -0.1) is 0 Å². The van der Waals surface area contributed by atoms with Crippen molar-refractivity contribution in [1.29, 1.82) is 0 Å². The van der Waals surface area contributed by atoms with Crippen molar-refractivity contribution >= 4 is 10.9 Å². The Morgan fingerprint density at radius 1 is 0.727 bits per heavy atom. The Morgan fingerprint density at radius 3 is 2.00 bits per heavy atom. The van der Waals surface area contributed by atoms with E-state index < -0.39 is 0 Å². The molecule has 2 aromatic heterocycles.